The molecule has 102 valence electrons. The maximum atomic E-state index is 11.9. The molecule has 1 amide bonds. The second-order valence-electron chi connectivity index (χ2n) is 4.30. The molecule has 0 bridgehead atoms. The Labute approximate surface area is 124 Å². The minimum absolute atomic E-state index is 0.000515. The summed E-state index contributed by atoms with van der Waals surface area (Å²) in [5.74, 6) is 0.000515. The topological polar surface area (TPSA) is 46.9 Å². The van der Waals surface area contributed by atoms with E-state index in [0.717, 1.165) is 16.4 Å². The number of amides is 1. The first-order valence-corrected chi connectivity index (χ1v) is 7.99. The normalized spacial score (nSPS) is 10.6. The van der Waals surface area contributed by atoms with Crippen molar-refractivity contribution in [2.45, 2.75) is 13.0 Å². The molecule has 3 rings (SSSR count). The molecule has 0 atom stereocenters. The molecule has 0 saturated carbocycles. The lowest BCUT2D eigenvalue weighted by atomic mass is 10.3. The van der Waals surface area contributed by atoms with Gasteiger partial charge in [-0.2, -0.15) is 11.3 Å². The molecule has 1 N–H and O–H groups in total. The van der Waals surface area contributed by atoms with Crippen LogP contribution in [0, 0.1) is 0 Å². The van der Waals surface area contributed by atoms with E-state index in [-0.39, 0.29) is 5.91 Å². The predicted octanol–water partition coefficient (Wildman–Crippen LogP) is 2.85. The third-order valence-corrected chi connectivity index (χ3v) is 4.41. The summed E-state index contributed by atoms with van der Waals surface area (Å²) in [4.78, 5) is 16.3. The molecule has 0 unspecified atom stereocenters. The zero-order valence-corrected chi connectivity index (χ0v) is 12.3. The average Bonchev–Trinajstić information content (AvgIpc) is 3.18. The molecular weight excluding hydrogens is 290 g/mol. The van der Waals surface area contributed by atoms with Gasteiger partial charge in [-0.3, -0.25) is 4.79 Å². The average molecular weight is 303 g/mol. The van der Waals surface area contributed by atoms with Crippen LogP contribution in [-0.2, 0) is 17.8 Å². The minimum Gasteiger partial charge on any atom is -0.352 e. The van der Waals surface area contributed by atoms with Gasteiger partial charge in [-0.05, 0) is 34.5 Å². The van der Waals surface area contributed by atoms with E-state index >= 15 is 0 Å². The molecule has 0 aliphatic rings. The Kier molecular flexibility index (Phi) is 3.94. The van der Waals surface area contributed by atoms with Crippen LogP contribution in [0.25, 0.3) is 5.13 Å². The van der Waals surface area contributed by atoms with Crippen LogP contribution < -0.4 is 5.32 Å². The summed E-state index contributed by atoms with van der Waals surface area (Å²) in [6, 6.07) is 5.92. The lowest BCUT2D eigenvalue weighted by Gasteiger charge is -2.01. The summed E-state index contributed by atoms with van der Waals surface area (Å²) in [7, 11) is 0. The predicted molar refractivity (Wildman–Crippen MR) is 81.3 cm³/mol. The third kappa shape index (κ3) is 3.15. The Morgan fingerprint density at radius 1 is 1.30 bits per heavy atom. The summed E-state index contributed by atoms with van der Waals surface area (Å²) < 4.78 is 1.94. The molecule has 0 spiro atoms. The second kappa shape index (κ2) is 6.02. The zero-order valence-electron chi connectivity index (χ0n) is 10.7. The van der Waals surface area contributed by atoms with E-state index < -0.39 is 0 Å². The molecule has 0 aliphatic heterocycles. The van der Waals surface area contributed by atoms with Crippen molar-refractivity contribution >= 4 is 28.6 Å². The molecule has 3 aromatic rings. The first-order valence-electron chi connectivity index (χ1n) is 6.17. The van der Waals surface area contributed by atoms with Crippen LogP contribution in [0.15, 0.2) is 46.7 Å². The molecule has 0 saturated heterocycles. The Hall–Kier alpha value is -1.92. The van der Waals surface area contributed by atoms with E-state index in [4.69, 9.17) is 0 Å². The molecule has 0 aliphatic carbocycles. The molecule has 4 nitrogen and oxygen atoms in total. The number of thiophene rings is 1. The Balaban J connectivity index is 1.56. The summed E-state index contributed by atoms with van der Waals surface area (Å²) in [5, 5.41) is 9.76. The van der Waals surface area contributed by atoms with E-state index in [9.17, 15) is 4.79 Å². The van der Waals surface area contributed by atoms with Gasteiger partial charge in [-0.25, -0.2) is 4.98 Å². The Bertz CT molecular complexity index is 671. The number of carbonyl (C=O) groups is 1. The lowest BCUT2D eigenvalue weighted by molar-refractivity contribution is -0.120. The van der Waals surface area contributed by atoms with Crippen molar-refractivity contribution in [2.75, 3.05) is 0 Å². The van der Waals surface area contributed by atoms with Crippen molar-refractivity contribution in [3.05, 3.63) is 58.0 Å². The molecule has 0 fully saturated rings. The number of nitrogens with zero attached hydrogens (tertiary/aromatic N) is 2. The smallest absolute Gasteiger partial charge is 0.226 e. The first-order chi connectivity index (χ1) is 9.81. The van der Waals surface area contributed by atoms with Gasteiger partial charge in [0.2, 0.25) is 5.91 Å². The monoisotopic (exact) mass is 303 g/mol. The van der Waals surface area contributed by atoms with Crippen LogP contribution in [-0.4, -0.2) is 15.5 Å². The Morgan fingerprint density at radius 3 is 2.90 bits per heavy atom. The SMILES string of the molecule is O=C(Cc1csc(-n2cccc2)n1)NCc1ccsc1. The minimum atomic E-state index is 0.000515. The highest BCUT2D eigenvalue weighted by molar-refractivity contribution is 7.12. The van der Waals surface area contributed by atoms with Gasteiger partial charge in [0.05, 0.1) is 12.1 Å². The standard InChI is InChI=1S/C14H13N3OS2/c18-13(15-8-11-3-6-19-9-11)7-12-10-20-14(16-12)17-4-1-2-5-17/h1-6,9-10H,7-8H2,(H,15,18). The van der Waals surface area contributed by atoms with Crippen LogP contribution in [0.3, 0.4) is 0 Å². The number of carbonyl (C=O) groups excluding carboxylic acids is 1. The van der Waals surface area contributed by atoms with E-state index in [0.29, 0.717) is 13.0 Å². The molecule has 3 aromatic heterocycles. The van der Waals surface area contributed by atoms with Crippen LogP contribution in [0.4, 0.5) is 0 Å². The number of nitrogens with one attached hydrogen (secondary N) is 1. The largest absolute Gasteiger partial charge is 0.352 e. The highest BCUT2D eigenvalue weighted by Crippen LogP contribution is 2.15. The van der Waals surface area contributed by atoms with Gasteiger partial charge < -0.3 is 9.88 Å². The van der Waals surface area contributed by atoms with Gasteiger partial charge >= 0.3 is 0 Å². The van der Waals surface area contributed by atoms with E-state index in [2.05, 4.69) is 10.3 Å². The number of hydrogen-bond donors (Lipinski definition) is 1. The highest BCUT2D eigenvalue weighted by Gasteiger charge is 2.08. The van der Waals surface area contributed by atoms with Crippen LogP contribution in [0.5, 0.6) is 0 Å². The van der Waals surface area contributed by atoms with Gasteiger partial charge in [0.25, 0.3) is 0 Å². The molecule has 20 heavy (non-hydrogen) atoms. The highest BCUT2D eigenvalue weighted by atomic mass is 32.1. The van der Waals surface area contributed by atoms with Gasteiger partial charge in [0.15, 0.2) is 5.13 Å². The van der Waals surface area contributed by atoms with Gasteiger partial charge in [0, 0.05) is 24.3 Å². The van der Waals surface area contributed by atoms with E-state index in [1.165, 1.54) is 11.3 Å². The van der Waals surface area contributed by atoms with Gasteiger partial charge in [0.1, 0.15) is 0 Å². The summed E-state index contributed by atoms with van der Waals surface area (Å²) in [6.45, 7) is 0.580. The fraction of sp³-hybridized carbons (Fsp3) is 0.143. The molecular formula is C14H13N3OS2. The van der Waals surface area contributed by atoms with Crippen LogP contribution in [0.2, 0.25) is 0 Å². The quantitative estimate of drug-likeness (QED) is 0.788. The number of thiazole rings is 1. The fourth-order valence-electron chi connectivity index (χ4n) is 1.78. The summed E-state index contributed by atoms with van der Waals surface area (Å²) >= 11 is 3.17. The van der Waals surface area contributed by atoms with Crippen molar-refractivity contribution in [3.63, 3.8) is 0 Å². The second-order valence-corrected chi connectivity index (χ2v) is 5.91. The van der Waals surface area contributed by atoms with Crippen molar-refractivity contribution in [1.29, 1.82) is 0 Å². The van der Waals surface area contributed by atoms with Crippen molar-refractivity contribution < 1.29 is 4.79 Å². The zero-order chi connectivity index (χ0) is 13.8. The fourth-order valence-corrected chi connectivity index (χ4v) is 3.24. The molecule has 0 radical (unpaired) electrons. The maximum absolute atomic E-state index is 11.9. The maximum Gasteiger partial charge on any atom is 0.226 e. The number of hydrogen-bond acceptors (Lipinski definition) is 4. The number of aromatic nitrogens is 2. The third-order valence-electron chi connectivity index (χ3n) is 2.78. The van der Waals surface area contributed by atoms with Crippen molar-refractivity contribution in [3.8, 4) is 5.13 Å². The molecule has 6 heteroatoms. The Morgan fingerprint density at radius 2 is 2.15 bits per heavy atom. The van der Waals surface area contributed by atoms with E-state index in [1.807, 2.05) is 51.3 Å². The molecule has 3 heterocycles. The molecule has 0 aromatic carbocycles. The van der Waals surface area contributed by atoms with Gasteiger partial charge in [-0.15, -0.1) is 11.3 Å². The van der Waals surface area contributed by atoms with Gasteiger partial charge in [-0.1, -0.05) is 0 Å². The van der Waals surface area contributed by atoms with Crippen molar-refractivity contribution in [1.82, 2.24) is 14.9 Å². The summed E-state index contributed by atoms with van der Waals surface area (Å²) in [6.07, 6.45) is 4.21. The van der Waals surface area contributed by atoms with Crippen LogP contribution >= 0.6 is 22.7 Å². The number of rotatable bonds is 5. The van der Waals surface area contributed by atoms with E-state index in [1.54, 1.807) is 11.3 Å². The first kappa shape index (κ1) is 13.1. The lowest BCUT2D eigenvalue weighted by Crippen LogP contribution is -2.24. The summed E-state index contributed by atoms with van der Waals surface area (Å²) in [5.41, 5.74) is 1.94. The van der Waals surface area contributed by atoms with Crippen LogP contribution in [0.1, 0.15) is 11.3 Å². The van der Waals surface area contributed by atoms with Crippen molar-refractivity contribution in [2.24, 2.45) is 0 Å².